The van der Waals surface area contributed by atoms with E-state index < -0.39 is 0 Å². The number of aromatic nitrogens is 4. The van der Waals surface area contributed by atoms with Crippen LogP contribution in [0.3, 0.4) is 0 Å². The highest BCUT2D eigenvalue weighted by Gasteiger charge is 2.14. The van der Waals surface area contributed by atoms with E-state index in [2.05, 4.69) is 26.9 Å². The van der Waals surface area contributed by atoms with Gasteiger partial charge in [-0.2, -0.15) is 0 Å². The second kappa shape index (κ2) is 4.26. The molecule has 0 amide bonds. The molecule has 0 aromatic carbocycles. The Labute approximate surface area is 113 Å². The molecule has 0 bridgehead atoms. The highest BCUT2D eigenvalue weighted by molar-refractivity contribution is 7.18. The van der Waals surface area contributed by atoms with Gasteiger partial charge in [0.15, 0.2) is 5.82 Å². The summed E-state index contributed by atoms with van der Waals surface area (Å²) in [7, 11) is 0. The molecule has 0 fully saturated rings. The third-order valence-corrected chi connectivity index (χ3v) is 4.12. The molecule has 0 aliphatic heterocycles. The van der Waals surface area contributed by atoms with Crippen LogP contribution in [0.2, 0.25) is 5.15 Å². The van der Waals surface area contributed by atoms with Gasteiger partial charge in [0.25, 0.3) is 0 Å². The van der Waals surface area contributed by atoms with Gasteiger partial charge in [-0.3, -0.25) is 0 Å². The molecule has 0 saturated carbocycles. The van der Waals surface area contributed by atoms with Crippen molar-refractivity contribution in [2.75, 3.05) is 0 Å². The fraction of sp³-hybridized carbons (Fsp3) is 0.167. The summed E-state index contributed by atoms with van der Waals surface area (Å²) >= 11 is 7.84. The fourth-order valence-corrected chi connectivity index (χ4v) is 3.11. The average molecular weight is 277 g/mol. The van der Waals surface area contributed by atoms with Gasteiger partial charge in [-0.25, -0.2) is 19.9 Å². The molecule has 4 nitrogen and oxygen atoms in total. The summed E-state index contributed by atoms with van der Waals surface area (Å²) in [5, 5.41) is 1.39. The Balaban J connectivity index is 2.28. The molecule has 0 spiro atoms. The van der Waals surface area contributed by atoms with Crippen molar-refractivity contribution in [3.05, 3.63) is 34.1 Å². The molecule has 0 unspecified atom stereocenters. The monoisotopic (exact) mass is 276 g/mol. The molecule has 0 saturated heterocycles. The number of fused-ring (bicyclic) bond motifs is 1. The van der Waals surface area contributed by atoms with Crippen LogP contribution in [-0.4, -0.2) is 19.9 Å². The van der Waals surface area contributed by atoms with Gasteiger partial charge >= 0.3 is 0 Å². The molecule has 0 aliphatic rings. The molecule has 3 aromatic rings. The number of halogens is 1. The lowest BCUT2D eigenvalue weighted by molar-refractivity contribution is 1.10. The molecule has 3 aromatic heterocycles. The first-order valence-corrected chi connectivity index (χ1v) is 6.57. The van der Waals surface area contributed by atoms with Gasteiger partial charge in [-0.1, -0.05) is 11.6 Å². The largest absolute Gasteiger partial charge is 0.234 e. The zero-order valence-corrected chi connectivity index (χ0v) is 11.4. The summed E-state index contributed by atoms with van der Waals surface area (Å²) in [6, 6.07) is 1.75. The van der Waals surface area contributed by atoms with Gasteiger partial charge in [-0.05, 0) is 25.5 Å². The third kappa shape index (κ3) is 1.76. The fourth-order valence-electron chi connectivity index (χ4n) is 1.72. The molecule has 0 radical (unpaired) electrons. The van der Waals surface area contributed by atoms with E-state index in [0.717, 1.165) is 15.8 Å². The van der Waals surface area contributed by atoms with Crippen LogP contribution in [-0.2, 0) is 0 Å². The van der Waals surface area contributed by atoms with Crippen LogP contribution in [0.5, 0.6) is 0 Å². The highest BCUT2D eigenvalue weighted by Crippen LogP contribution is 2.33. The number of aryl methyl sites for hydroxylation is 2. The van der Waals surface area contributed by atoms with Gasteiger partial charge in [0.1, 0.15) is 9.98 Å². The van der Waals surface area contributed by atoms with Gasteiger partial charge < -0.3 is 0 Å². The zero-order chi connectivity index (χ0) is 12.7. The summed E-state index contributed by atoms with van der Waals surface area (Å²) in [4.78, 5) is 19.1. The Morgan fingerprint density at radius 3 is 2.50 bits per heavy atom. The number of hydrogen-bond donors (Lipinski definition) is 0. The molecule has 6 heteroatoms. The Bertz CT molecular complexity index is 724. The minimum absolute atomic E-state index is 0.462. The van der Waals surface area contributed by atoms with Gasteiger partial charge in [0, 0.05) is 17.3 Å². The van der Waals surface area contributed by atoms with Crippen molar-refractivity contribution in [1.82, 2.24) is 19.9 Å². The maximum absolute atomic E-state index is 6.23. The van der Waals surface area contributed by atoms with Crippen LogP contribution in [0.15, 0.2) is 18.5 Å². The summed E-state index contributed by atoms with van der Waals surface area (Å²) in [5.41, 5.74) is 1.14. The molecule has 3 rings (SSSR count). The molecule has 0 aliphatic carbocycles. The zero-order valence-electron chi connectivity index (χ0n) is 9.81. The molecule has 0 atom stereocenters. The third-order valence-electron chi connectivity index (χ3n) is 2.75. The van der Waals surface area contributed by atoms with Crippen LogP contribution < -0.4 is 0 Å². The number of nitrogens with zero attached hydrogens (tertiary/aromatic N) is 4. The molecular formula is C12H9ClN4S. The average Bonchev–Trinajstić information content (AvgIpc) is 2.66. The van der Waals surface area contributed by atoms with E-state index in [9.17, 15) is 0 Å². The normalized spacial score (nSPS) is 11.1. The van der Waals surface area contributed by atoms with E-state index in [1.165, 1.54) is 4.88 Å². The SMILES string of the molecule is Cc1sc2nc(-c3ncccn3)nc(Cl)c2c1C. The summed E-state index contributed by atoms with van der Waals surface area (Å²) in [6.07, 6.45) is 3.32. The van der Waals surface area contributed by atoms with Crippen molar-refractivity contribution in [1.29, 1.82) is 0 Å². The minimum atomic E-state index is 0.462. The maximum Gasteiger partial charge on any atom is 0.200 e. The van der Waals surface area contributed by atoms with E-state index in [0.29, 0.717) is 16.8 Å². The van der Waals surface area contributed by atoms with Crippen molar-refractivity contribution in [3.63, 3.8) is 0 Å². The van der Waals surface area contributed by atoms with E-state index in [1.54, 1.807) is 29.8 Å². The smallest absolute Gasteiger partial charge is 0.200 e. The van der Waals surface area contributed by atoms with Crippen molar-refractivity contribution in [2.24, 2.45) is 0 Å². The Morgan fingerprint density at radius 1 is 1.06 bits per heavy atom. The van der Waals surface area contributed by atoms with E-state index in [1.807, 2.05) is 6.92 Å². The van der Waals surface area contributed by atoms with Crippen LogP contribution in [0.25, 0.3) is 21.9 Å². The second-order valence-corrected chi connectivity index (χ2v) is 5.44. The van der Waals surface area contributed by atoms with Crippen LogP contribution in [0.4, 0.5) is 0 Å². The predicted molar refractivity (Wildman–Crippen MR) is 72.9 cm³/mol. The first kappa shape index (κ1) is 11.5. The minimum Gasteiger partial charge on any atom is -0.234 e. The van der Waals surface area contributed by atoms with Gasteiger partial charge in [0.2, 0.25) is 5.82 Å². The topological polar surface area (TPSA) is 51.6 Å². The first-order valence-electron chi connectivity index (χ1n) is 5.37. The van der Waals surface area contributed by atoms with Crippen LogP contribution in [0.1, 0.15) is 10.4 Å². The van der Waals surface area contributed by atoms with Gasteiger partial charge in [-0.15, -0.1) is 11.3 Å². The van der Waals surface area contributed by atoms with Crippen LogP contribution in [0, 0.1) is 13.8 Å². The van der Waals surface area contributed by atoms with Crippen molar-refractivity contribution in [2.45, 2.75) is 13.8 Å². The number of hydrogen-bond acceptors (Lipinski definition) is 5. The molecular weight excluding hydrogens is 268 g/mol. The van der Waals surface area contributed by atoms with Crippen molar-refractivity contribution < 1.29 is 0 Å². The van der Waals surface area contributed by atoms with E-state index >= 15 is 0 Å². The lowest BCUT2D eigenvalue weighted by atomic mass is 10.2. The molecule has 0 N–H and O–H groups in total. The highest BCUT2D eigenvalue weighted by atomic mass is 35.5. The first-order chi connectivity index (χ1) is 8.66. The van der Waals surface area contributed by atoms with Crippen molar-refractivity contribution in [3.8, 4) is 11.6 Å². The van der Waals surface area contributed by atoms with E-state index in [4.69, 9.17) is 11.6 Å². The Morgan fingerprint density at radius 2 is 1.78 bits per heavy atom. The molecule has 90 valence electrons. The standard InChI is InChI=1S/C12H9ClN4S/c1-6-7(2)18-12-8(6)9(13)16-11(17-12)10-14-4-3-5-15-10/h3-5H,1-2H3. The lowest BCUT2D eigenvalue weighted by Crippen LogP contribution is -1.94. The summed E-state index contributed by atoms with van der Waals surface area (Å²) < 4.78 is 0. The number of rotatable bonds is 1. The Kier molecular flexibility index (Phi) is 2.72. The van der Waals surface area contributed by atoms with Gasteiger partial charge in [0.05, 0.1) is 5.39 Å². The quantitative estimate of drug-likeness (QED) is 0.639. The lowest BCUT2D eigenvalue weighted by Gasteiger charge is -2.00. The van der Waals surface area contributed by atoms with Crippen molar-refractivity contribution >= 4 is 33.2 Å². The van der Waals surface area contributed by atoms with E-state index in [-0.39, 0.29) is 0 Å². The summed E-state index contributed by atoms with van der Waals surface area (Å²) in [6.45, 7) is 4.08. The maximum atomic E-state index is 6.23. The predicted octanol–water partition coefficient (Wildman–Crippen LogP) is 3.42. The van der Waals surface area contributed by atoms with Crippen LogP contribution >= 0.6 is 22.9 Å². The number of thiophene rings is 1. The summed E-state index contributed by atoms with van der Waals surface area (Å²) in [5.74, 6) is 0.958. The Hall–Kier alpha value is -1.59. The molecule has 3 heterocycles. The molecule has 18 heavy (non-hydrogen) atoms. The second-order valence-electron chi connectivity index (χ2n) is 3.87.